The Morgan fingerprint density at radius 3 is 2.48 bits per heavy atom. The second-order valence-electron chi connectivity index (χ2n) is 4.82. The Morgan fingerprint density at radius 2 is 1.81 bits per heavy atom. The molecule has 5 heteroatoms. The maximum absolute atomic E-state index is 4.56. The summed E-state index contributed by atoms with van der Waals surface area (Å²) >= 11 is 3.42. The number of imidazole rings is 1. The molecule has 2 heterocycles. The first kappa shape index (κ1) is 14.1. The minimum atomic E-state index is 0.709. The largest absolute Gasteiger partial charge is 0.372 e. The van der Waals surface area contributed by atoms with Crippen molar-refractivity contribution in [2.45, 2.75) is 13.8 Å². The van der Waals surface area contributed by atoms with Crippen molar-refractivity contribution in [2.24, 2.45) is 0 Å². The van der Waals surface area contributed by atoms with E-state index in [4.69, 9.17) is 0 Å². The lowest BCUT2D eigenvalue weighted by Gasteiger charge is -2.20. The quantitative estimate of drug-likeness (QED) is 0.717. The van der Waals surface area contributed by atoms with Gasteiger partial charge in [-0.25, -0.2) is 9.97 Å². The maximum atomic E-state index is 4.56. The van der Waals surface area contributed by atoms with Gasteiger partial charge in [0.1, 0.15) is 0 Å². The third-order valence-electron chi connectivity index (χ3n) is 3.57. The Labute approximate surface area is 132 Å². The molecule has 0 N–H and O–H groups in total. The summed E-state index contributed by atoms with van der Waals surface area (Å²) < 4.78 is 2.87. The van der Waals surface area contributed by atoms with Crippen LogP contribution in [-0.2, 0) is 0 Å². The predicted molar refractivity (Wildman–Crippen MR) is 89.7 cm³/mol. The van der Waals surface area contributed by atoms with E-state index < -0.39 is 0 Å². The monoisotopic (exact) mass is 344 g/mol. The zero-order chi connectivity index (χ0) is 14.8. The number of aromatic nitrogens is 3. The van der Waals surface area contributed by atoms with Gasteiger partial charge >= 0.3 is 0 Å². The van der Waals surface area contributed by atoms with Gasteiger partial charge in [0.2, 0.25) is 5.78 Å². The second-order valence-corrected chi connectivity index (χ2v) is 5.74. The number of anilines is 1. The zero-order valence-electron chi connectivity index (χ0n) is 12.1. The molecule has 0 fully saturated rings. The van der Waals surface area contributed by atoms with Crippen LogP contribution in [0.3, 0.4) is 0 Å². The van der Waals surface area contributed by atoms with E-state index in [1.807, 2.05) is 16.8 Å². The van der Waals surface area contributed by atoms with Gasteiger partial charge < -0.3 is 4.90 Å². The lowest BCUT2D eigenvalue weighted by Crippen LogP contribution is -2.21. The number of nitrogens with zero attached hydrogens (tertiary/aromatic N) is 4. The summed E-state index contributed by atoms with van der Waals surface area (Å²) in [6.45, 7) is 6.37. The molecule has 0 aliphatic heterocycles. The SMILES string of the molecule is CCN(CC)c1ccc(-c2cn3cc(Br)cnc3n2)cc1. The minimum absolute atomic E-state index is 0.709. The summed E-state index contributed by atoms with van der Waals surface area (Å²) in [5.74, 6) is 0.709. The molecule has 0 saturated heterocycles. The first-order valence-corrected chi connectivity index (χ1v) is 7.86. The predicted octanol–water partition coefficient (Wildman–Crippen LogP) is 4.01. The van der Waals surface area contributed by atoms with E-state index in [-0.39, 0.29) is 0 Å². The van der Waals surface area contributed by atoms with Gasteiger partial charge in [-0.1, -0.05) is 12.1 Å². The highest BCUT2D eigenvalue weighted by Crippen LogP contribution is 2.23. The van der Waals surface area contributed by atoms with Crippen molar-refractivity contribution in [3.05, 3.63) is 47.3 Å². The van der Waals surface area contributed by atoms with Crippen LogP contribution in [0.5, 0.6) is 0 Å². The molecule has 0 radical (unpaired) electrons. The summed E-state index contributed by atoms with van der Waals surface area (Å²) in [6, 6.07) is 8.53. The van der Waals surface area contributed by atoms with Gasteiger partial charge in [0, 0.05) is 42.9 Å². The van der Waals surface area contributed by atoms with Crippen LogP contribution in [0.25, 0.3) is 17.0 Å². The molecular weight excluding hydrogens is 328 g/mol. The Hall–Kier alpha value is -1.88. The van der Waals surface area contributed by atoms with Crippen molar-refractivity contribution in [3.63, 3.8) is 0 Å². The van der Waals surface area contributed by atoms with Gasteiger partial charge in [0.25, 0.3) is 0 Å². The smallest absolute Gasteiger partial charge is 0.234 e. The van der Waals surface area contributed by atoms with Crippen molar-refractivity contribution in [1.82, 2.24) is 14.4 Å². The standard InChI is InChI=1S/C16H17BrN4/c1-3-20(4-2)14-7-5-12(6-8-14)15-11-21-10-13(17)9-18-16(21)19-15/h5-11H,3-4H2,1-2H3. The zero-order valence-corrected chi connectivity index (χ0v) is 13.7. The van der Waals surface area contributed by atoms with Crippen LogP contribution in [0.4, 0.5) is 5.69 Å². The van der Waals surface area contributed by atoms with Crippen LogP contribution >= 0.6 is 15.9 Å². The van der Waals surface area contributed by atoms with Crippen molar-refractivity contribution in [2.75, 3.05) is 18.0 Å². The molecule has 4 nitrogen and oxygen atoms in total. The summed E-state index contributed by atoms with van der Waals surface area (Å²) in [5.41, 5.74) is 3.28. The van der Waals surface area contributed by atoms with Crippen molar-refractivity contribution in [3.8, 4) is 11.3 Å². The number of rotatable bonds is 4. The molecule has 0 unspecified atom stereocenters. The molecule has 1 aromatic carbocycles. The molecule has 21 heavy (non-hydrogen) atoms. The highest BCUT2D eigenvalue weighted by molar-refractivity contribution is 9.10. The molecule has 0 bridgehead atoms. The summed E-state index contributed by atoms with van der Waals surface area (Å²) in [5, 5.41) is 0. The highest BCUT2D eigenvalue weighted by atomic mass is 79.9. The van der Waals surface area contributed by atoms with Gasteiger partial charge in [-0.2, -0.15) is 0 Å². The Morgan fingerprint density at radius 1 is 1.10 bits per heavy atom. The topological polar surface area (TPSA) is 33.4 Å². The molecule has 3 rings (SSSR count). The van der Waals surface area contributed by atoms with Gasteiger partial charge in [-0.15, -0.1) is 0 Å². The number of benzene rings is 1. The van der Waals surface area contributed by atoms with Crippen LogP contribution in [0.1, 0.15) is 13.8 Å². The molecule has 0 saturated carbocycles. The molecular formula is C16H17BrN4. The van der Waals surface area contributed by atoms with Crippen LogP contribution in [0.15, 0.2) is 47.3 Å². The van der Waals surface area contributed by atoms with Crippen LogP contribution in [0, 0.1) is 0 Å². The Balaban J connectivity index is 1.95. The van der Waals surface area contributed by atoms with Crippen LogP contribution in [-0.4, -0.2) is 27.5 Å². The maximum Gasteiger partial charge on any atom is 0.234 e. The lowest BCUT2D eigenvalue weighted by molar-refractivity contribution is 0.866. The number of hydrogen-bond donors (Lipinski definition) is 0. The summed E-state index contributed by atoms with van der Waals surface area (Å²) in [4.78, 5) is 11.2. The van der Waals surface area contributed by atoms with E-state index in [0.717, 1.165) is 28.8 Å². The molecule has 3 aromatic rings. The van der Waals surface area contributed by atoms with E-state index >= 15 is 0 Å². The third-order valence-corrected chi connectivity index (χ3v) is 3.98. The molecule has 0 aliphatic rings. The number of hydrogen-bond acceptors (Lipinski definition) is 3. The van der Waals surface area contributed by atoms with Gasteiger partial charge in [0.05, 0.1) is 10.2 Å². The minimum Gasteiger partial charge on any atom is -0.372 e. The van der Waals surface area contributed by atoms with Crippen molar-refractivity contribution >= 4 is 27.4 Å². The van der Waals surface area contributed by atoms with Gasteiger partial charge in [0.15, 0.2) is 0 Å². The third kappa shape index (κ3) is 2.78. The first-order valence-electron chi connectivity index (χ1n) is 7.07. The fourth-order valence-corrected chi connectivity index (χ4v) is 2.75. The van der Waals surface area contributed by atoms with Crippen LogP contribution < -0.4 is 4.90 Å². The average molecular weight is 345 g/mol. The lowest BCUT2D eigenvalue weighted by atomic mass is 10.1. The van der Waals surface area contributed by atoms with Gasteiger partial charge in [-0.05, 0) is 41.9 Å². The Kier molecular flexibility index (Phi) is 3.92. The number of fused-ring (bicyclic) bond motifs is 1. The van der Waals surface area contributed by atoms with E-state index in [0.29, 0.717) is 5.78 Å². The summed E-state index contributed by atoms with van der Waals surface area (Å²) in [7, 11) is 0. The van der Waals surface area contributed by atoms with Gasteiger partial charge in [-0.3, -0.25) is 4.40 Å². The van der Waals surface area contributed by atoms with E-state index in [2.05, 4.69) is 68.9 Å². The van der Waals surface area contributed by atoms with E-state index in [9.17, 15) is 0 Å². The van der Waals surface area contributed by atoms with E-state index in [1.165, 1.54) is 5.69 Å². The first-order chi connectivity index (χ1) is 10.2. The number of halogens is 1. The molecule has 0 atom stereocenters. The molecule has 0 spiro atoms. The molecule has 108 valence electrons. The van der Waals surface area contributed by atoms with Crippen molar-refractivity contribution < 1.29 is 0 Å². The Bertz CT molecular complexity index is 745. The molecule has 0 amide bonds. The fourth-order valence-electron chi connectivity index (χ4n) is 2.43. The van der Waals surface area contributed by atoms with Crippen LogP contribution in [0.2, 0.25) is 0 Å². The normalized spacial score (nSPS) is 11.0. The molecule has 2 aromatic heterocycles. The average Bonchev–Trinajstić information content (AvgIpc) is 2.92. The highest BCUT2D eigenvalue weighted by Gasteiger charge is 2.07. The van der Waals surface area contributed by atoms with E-state index in [1.54, 1.807) is 6.20 Å². The van der Waals surface area contributed by atoms with Crippen molar-refractivity contribution in [1.29, 1.82) is 0 Å². The summed E-state index contributed by atoms with van der Waals surface area (Å²) in [6.07, 6.45) is 5.72. The fraction of sp³-hybridized carbons (Fsp3) is 0.250. The molecule has 0 aliphatic carbocycles. The second kappa shape index (κ2) is 5.85.